The molecule has 0 radical (unpaired) electrons. The first kappa shape index (κ1) is 46.0. The zero-order valence-corrected chi connectivity index (χ0v) is 39.4. The van der Waals surface area contributed by atoms with Crippen LogP contribution in [0.2, 0.25) is 0 Å². The Morgan fingerprint density at radius 3 is 1.87 bits per heavy atom. The monoisotopic (exact) mass is 932 g/mol. The average Bonchev–Trinajstić information content (AvgIpc) is 4.18. The number of H-pyrrole nitrogens is 2. The maximum atomic E-state index is 16.9. The number of nitrogens with one attached hydrogen (secondary N) is 4. The van der Waals surface area contributed by atoms with Gasteiger partial charge in [0.25, 0.3) is 0 Å². The van der Waals surface area contributed by atoms with Crippen LogP contribution in [-0.4, -0.2) is 103 Å². The molecule has 4 aromatic heterocycles. The summed E-state index contributed by atoms with van der Waals surface area (Å²) in [7, 11) is 2.53. The summed E-state index contributed by atoms with van der Waals surface area (Å²) in [6.45, 7) is 12.5. The molecule has 19 heteroatoms. The van der Waals surface area contributed by atoms with Crippen LogP contribution in [0, 0.1) is 17.7 Å². The van der Waals surface area contributed by atoms with Crippen molar-refractivity contribution in [2.24, 2.45) is 11.8 Å². The molecule has 4 N–H and O–H groups in total. The van der Waals surface area contributed by atoms with Crippen LogP contribution in [0.4, 0.5) is 14.0 Å². The van der Waals surface area contributed by atoms with Gasteiger partial charge in [0, 0.05) is 35.7 Å². The van der Waals surface area contributed by atoms with Gasteiger partial charge in [0.05, 0.1) is 72.6 Å². The van der Waals surface area contributed by atoms with E-state index in [0.29, 0.717) is 66.0 Å². The highest BCUT2D eigenvalue weighted by atomic mass is 19.1. The third-order valence-electron chi connectivity index (χ3n) is 13.3. The fourth-order valence-electron chi connectivity index (χ4n) is 9.67. The molecule has 3 aliphatic rings. The quantitative estimate of drug-likeness (QED) is 0.0915. The molecule has 3 aliphatic heterocycles. The number of alkyl carbamates (subject to hydrolysis) is 2. The number of carbonyl (C=O) groups excluding carboxylic acids is 4. The van der Waals surface area contributed by atoms with Crippen molar-refractivity contribution in [1.29, 1.82) is 0 Å². The first-order valence-electron chi connectivity index (χ1n) is 23.2. The van der Waals surface area contributed by atoms with E-state index in [1.165, 1.54) is 20.3 Å². The molecule has 1 unspecified atom stereocenters. The molecule has 6 aromatic rings. The van der Waals surface area contributed by atoms with Gasteiger partial charge in [-0.1, -0.05) is 52.8 Å². The minimum atomic E-state index is -0.841. The Morgan fingerprint density at radius 1 is 0.765 bits per heavy atom. The fraction of sp³-hybridized carbons (Fsp3) is 0.449. The summed E-state index contributed by atoms with van der Waals surface area (Å²) in [5, 5.41) is 10.5. The van der Waals surface area contributed by atoms with Crippen molar-refractivity contribution in [3.05, 3.63) is 83.8 Å². The van der Waals surface area contributed by atoms with Gasteiger partial charge in [-0.25, -0.2) is 23.9 Å². The van der Waals surface area contributed by atoms with E-state index in [2.05, 4.69) is 30.7 Å². The largest absolute Gasteiger partial charge is 0.462 e. The molecule has 2 fully saturated rings. The lowest BCUT2D eigenvalue weighted by Crippen LogP contribution is -2.51. The Kier molecular flexibility index (Phi) is 12.5. The van der Waals surface area contributed by atoms with Gasteiger partial charge in [0.15, 0.2) is 5.76 Å². The normalized spacial score (nSPS) is 18.7. The number of hydrogen-bond donors (Lipinski definition) is 4. The Balaban J connectivity index is 1.03. The summed E-state index contributed by atoms with van der Waals surface area (Å²) in [5.74, 6) is 0.719. The highest BCUT2D eigenvalue weighted by molar-refractivity contribution is 5.93. The second-order valence-corrected chi connectivity index (χ2v) is 18.7. The van der Waals surface area contributed by atoms with Crippen LogP contribution < -0.4 is 15.4 Å². The van der Waals surface area contributed by atoms with Crippen LogP contribution in [0.3, 0.4) is 0 Å². The van der Waals surface area contributed by atoms with E-state index in [0.717, 1.165) is 40.7 Å². The lowest BCUT2D eigenvalue weighted by molar-refractivity contribution is -0.136. The van der Waals surface area contributed by atoms with E-state index < -0.39 is 36.3 Å². The second-order valence-electron chi connectivity index (χ2n) is 18.7. The molecule has 2 aromatic carbocycles. The van der Waals surface area contributed by atoms with Gasteiger partial charge in [0.2, 0.25) is 18.0 Å². The van der Waals surface area contributed by atoms with Gasteiger partial charge < -0.3 is 49.1 Å². The van der Waals surface area contributed by atoms with Crippen LogP contribution in [0.25, 0.3) is 44.7 Å². The van der Waals surface area contributed by atoms with Gasteiger partial charge in [-0.2, -0.15) is 0 Å². The molecule has 0 saturated carbocycles. The van der Waals surface area contributed by atoms with Crippen molar-refractivity contribution in [2.75, 3.05) is 27.3 Å². The Bertz CT molecular complexity index is 2880. The molecule has 0 spiro atoms. The summed E-state index contributed by atoms with van der Waals surface area (Å²) in [5.41, 5.74) is 4.96. The van der Waals surface area contributed by atoms with Gasteiger partial charge in [0.1, 0.15) is 35.3 Å². The van der Waals surface area contributed by atoms with E-state index in [-0.39, 0.29) is 47.2 Å². The third-order valence-corrected chi connectivity index (χ3v) is 13.3. The maximum Gasteiger partial charge on any atom is 0.407 e. The number of methoxy groups -OCH3 is 2. The molecule has 358 valence electrons. The first-order chi connectivity index (χ1) is 32.6. The van der Waals surface area contributed by atoms with E-state index in [1.54, 1.807) is 28.3 Å². The topological polar surface area (TPSA) is 215 Å². The molecule has 0 bridgehead atoms. The van der Waals surface area contributed by atoms with Gasteiger partial charge in [-0.15, -0.1) is 0 Å². The SMILES string of the molecule is COC(=O)N[C@H](C(=O)N1CCC[C@H]1c1ncc(-c2cc(F)c3c(c2)OC(c2cc(C(C)C)no2)n2c-3cc3cc(-c4cnc([C@@H]5CCCN5C(=O)[C@@H](NC(=O)OC)C(C)C)[nH]4)ccc32)[nH]1)C(C)C. The van der Waals surface area contributed by atoms with Crippen molar-refractivity contribution in [3.63, 3.8) is 0 Å². The molecular formula is C49H57FN10O8. The van der Waals surface area contributed by atoms with Crippen molar-refractivity contribution >= 4 is 34.9 Å². The summed E-state index contributed by atoms with van der Waals surface area (Å²) < 4.78 is 41.0. The number of rotatable bonds is 12. The van der Waals surface area contributed by atoms with Crippen molar-refractivity contribution in [2.45, 2.75) is 104 Å². The molecule has 7 heterocycles. The number of nitrogens with zero attached hydrogens (tertiary/aromatic N) is 6. The summed E-state index contributed by atoms with van der Waals surface area (Å²) in [4.78, 5) is 71.6. The first-order valence-corrected chi connectivity index (χ1v) is 23.2. The summed E-state index contributed by atoms with van der Waals surface area (Å²) >= 11 is 0. The fourth-order valence-corrected chi connectivity index (χ4v) is 9.67. The molecular weight excluding hydrogens is 876 g/mol. The Hall–Kier alpha value is -7.18. The standard InChI is InChI=1S/C49H57FN10O8/c1-24(2)31-21-39(68-57-31)47-60-34-14-13-27(32-22-51-43(53-32)35-11-9-15-58(35)45(61)41(25(3)4)55-48(63)65-7)17-29(34)19-37(60)40-30(50)18-28(20-38(40)67-47)33-23-52-44(54-33)36-12-10-16-59(36)46(62)42(26(5)6)56-49(64)66-8/h13-14,17-26,35-36,41-42,47H,9-12,15-16H2,1-8H3,(H,51,53)(H,52,54)(H,55,63)(H,56,64)/t35-,36-,41-,42-,47?/m0/s1. The smallest absolute Gasteiger partial charge is 0.407 e. The number of carbonyl (C=O) groups is 4. The van der Waals surface area contributed by atoms with Crippen molar-refractivity contribution in [3.8, 4) is 39.5 Å². The van der Waals surface area contributed by atoms with Gasteiger partial charge in [-0.3, -0.25) is 14.2 Å². The molecule has 4 amide bonds. The number of likely N-dealkylation sites (tertiary alicyclic amines) is 2. The van der Waals surface area contributed by atoms with E-state index in [1.807, 2.05) is 76.4 Å². The number of halogens is 1. The Morgan fingerprint density at radius 2 is 1.34 bits per heavy atom. The highest BCUT2D eigenvalue weighted by Crippen LogP contribution is 2.48. The predicted molar refractivity (Wildman–Crippen MR) is 248 cm³/mol. The molecule has 2 saturated heterocycles. The van der Waals surface area contributed by atoms with E-state index in [9.17, 15) is 19.2 Å². The number of imidazole rings is 2. The zero-order chi connectivity index (χ0) is 48.1. The summed E-state index contributed by atoms with van der Waals surface area (Å²) in [6, 6.07) is 10.7. The number of hydrogen-bond acceptors (Lipinski definition) is 11. The van der Waals surface area contributed by atoms with E-state index in [4.69, 9.17) is 23.7 Å². The number of ether oxygens (including phenoxy) is 3. The van der Waals surface area contributed by atoms with Crippen LogP contribution >= 0.6 is 0 Å². The highest BCUT2D eigenvalue weighted by Gasteiger charge is 2.40. The minimum Gasteiger partial charge on any atom is -0.462 e. The van der Waals surface area contributed by atoms with Crippen LogP contribution in [-0.2, 0) is 19.1 Å². The van der Waals surface area contributed by atoms with Crippen molar-refractivity contribution < 1.29 is 42.3 Å². The van der Waals surface area contributed by atoms with Gasteiger partial charge in [-0.05, 0) is 73.8 Å². The van der Waals surface area contributed by atoms with Crippen LogP contribution in [0.15, 0.2) is 59.4 Å². The third kappa shape index (κ3) is 8.42. The number of amides is 4. The van der Waals surface area contributed by atoms with Crippen LogP contribution in [0.1, 0.15) is 115 Å². The summed E-state index contributed by atoms with van der Waals surface area (Å²) in [6.07, 6.45) is 4.09. The minimum absolute atomic E-state index is 0.0822. The van der Waals surface area contributed by atoms with Crippen molar-refractivity contribution in [1.82, 2.24) is 50.1 Å². The average molecular weight is 933 g/mol. The Labute approximate surface area is 392 Å². The molecule has 9 rings (SSSR count). The zero-order valence-electron chi connectivity index (χ0n) is 39.4. The second kappa shape index (κ2) is 18.5. The number of fused-ring (bicyclic) bond motifs is 5. The lowest BCUT2D eigenvalue weighted by Gasteiger charge is -2.30. The number of aromatic nitrogens is 6. The molecule has 68 heavy (non-hydrogen) atoms. The lowest BCUT2D eigenvalue weighted by atomic mass is 10.0. The maximum absolute atomic E-state index is 16.9. The van der Waals surface area contributed by atoms with Crippen LogP contribution in [0.5, 0.6) is 5.75 Å². The predicted octanol–water partition coefficient (Wildman–Crippen LogP) is 8.37. The van der Waals surface area contributed by atoms with Gasteiger partial charge >= 0.3 is 12.2 Å². The molecule has 5 atom stereocenters. The number of benzene rings is 2. The number of aromatic amines is 2. The molecule has 18 nitrogen and oxygen atoms in total. The molecule has 0 aliphatic carbocycles. The van der Waals surface area contributed by atoms with E-state index >= 15 is 4.39 Å².